The van der Waals surface area contributed by atoms with Gasteiger partial charge in [-0.2, -0.15) is 5.10 Å². The molecule has 0 N–H and O–H groups in total. The van der Waals surface area contributed by atoms with Crippen LogP contribution in [0.2, 0.25) is 0 Å². The van der Waals surface area contributed by atoms with E-state index in [0.717, 1.165) is 48.2 Å². The molecule has 33 heavy (non-hydrogen) atoms. The molecule has 172 valence electrons. The molecule has 1 aliphatic rings. The first-order chi connectivity index (χ1) is 15.9. The van der Waals surface area contributed by atoms with Crippen LogP contribution in [0.25, 0.3) is 5.69 Å². The van der Waals surface area contributed by atoms with Crippen molar-refractivity contribution in [3.8, 4) is 5.69 Å². The van der Waals surface area contributed by atoms with E-state index >= 15 is 0 Å². The lowest BCUT2D eigenvalue weighted by Gasteiger charge is -2.21. The average molecular weight is 449 g/mol. The number of amides is 2. The van der Waals surface area contributed by atoms with Crippen LogP contribution in [0.5, 0.6) is 0 Å². The molecule has 7 heteroatoms. The summed E-state index contributed by atoms with van der Waals surface area (Å²) in [7, 11) is 3.44. The summed E-state index contributed by atoms with van der Waals surface area (Å²) >= 11 is 0. The molecular formula is C26H29FN4O2. The van der Waals surface area contributed by atoms with Gasteiger partial charge < -0.3 is 9.80 Å². The summed E-state index contributed by atoms with van der Waals surface area (Å²) in [4.78, 5) is 29.0. The highest BCUT2D eigenvalue weighted by molar-refractivity contribution is 5.95. The normalized spacial score (nSPS) is 12.8. The van der Waals surface area contributed by atoms with Gasteiger partial charge in [0.05, 0.1) is 5.69 Å². The quantitative estimate of drug-likeness (QED) is 0.566. The largest absolute Gasteiger partial charge is 0.345 e. The van der Waals surface area contributed by atoms with Crippen LogP contribution in [0, 0.1) is 5.82 Å². The number of fused-ring (bicyclic) bond motifs is 1. The summed E-state index contributed by atoms with van der Waals surface area (Å²) < 4.78 is 15.2. The van der Waals surface area contributed by atoms with Crippen LogP contribution >= 0.6 is 0 Å². The number of aromatic nitrogens is 2. The number of carbonyl (C=O) groups is 2. The molecule has 2 aromatic carbocycles. The number of carbonyl (C=O) groups excluding carboxylic acids is 2. The monoisotopic (exact) mass is 448 g/mol. The van der Waals surface area contributed by atoms with Gasteiger partial charge in [-0.25, -0.2) is 9.07 Å². The number of nitrogens with zero attached hydrogens (tertiary/aromatic N) is 4. The third-order valence-electron chi connectivity index (χ3n) is 6.10. The maximum atomic E-state index is 13.5. The molecular weight excluding hydrogens is 419 g/mol. The van der Waals surface area contributed by atoms with Gasteiger partial charge in [0.25, 0.3) is 11.8 Å². The summed E-state index contributed by atoms with van der Waals surface area (Å²) in [5.74, 6) is -0.459. The Morgan fingerprint density at radius 2 is 1.64 bits per heavy atom. The summed E-state index contributed by atoms with van der Waals surface area (Å²) in [5, 5.41) is 4.71. The Kier molecular flexibility index (Phi) is 6.58. The van der Waals surface area contributed by atoms with Crippen LogP contribution in [0.15, 0.2) is 48.5 Å². The van der Waals surface area contributed by atoms with E-state index in [1.54, 1.807) is 47.9 Å². The Hall–Kier alpha value is -3.48. The smallest absolute Gasteiger partial charge is 0.274 e. The fraction of sp³-hybridized carbons (Fsp3) is 0.346. The maximum Gasteiger partial charge on any atom is 0.274 e. The van der Waals surface area contributed by atoms with Gasteiger partial charge in [0, 0.05) is 44.0 Å². The Morgan fingerprint density at radius 1 is 0.970 bits per heavy atom. The topological polar surface area (TPSA) is 58.4 Å². The van der Waals surface area contributed by atoms with Crippen LogP contribution < -0.4 is 0 Å². The van der Waals surface area contributed by atoms with Crippen LogP contribution in [0.1, 0.15) is 57.4 Å². The lowest BCUT2D eigenvalue weighted by Crippen LogP contribution is -2.31. The van der Waals surface area contributed by atoms with Crippen molar-refractivity contribution < 1.29 is 14.0 Å². The Morgan fingerprint density at radius 3 is 2.27 bits per heavy atom. The van der Waals surface area contributed by atoms with E-state index in [1.165, 1.54) is 17.0 Å². The molecule has 1 aliphatic carbocycles. The summed E-state index contributed by atoms with van der Waals surface area (Å²) in [6, 6.07) is 13.6. The fourth-order valence-electron chi connectivity index (χ4n) is 4.27. The molecule has 1 heterocycles. The molecule has 3 aromatic rings. The molecule has 0 bridgehead atoms. The van der Waals surface area contributed by atoms with E-state index in [-0.39, 0.29) is 17.6 Å². The summed E-state index contributed by atoms with van der Waals surface area (Å²) in [5.41, 5.74) is 4.85. The summed E-state index contributed by atoms with van der Waals surface area (Å²) in [6.07, 6.45) is 3.73. The third-order valence-corrected chi connectivity index (χ3v) is 6.10. The average Bonchev–Trinajstić information content (AvgIpc) is 3.22. The van der Waals surface area contributed by atoms with Crippen molar-refractivity contribution in [3.63, 3.8) is 0 Å². The number of benzene rings is 2. The van der Waals surface area contributed by atoms with E-state index in [2.05, 4.69) is 0 Å². The van der Waals surface area contributed by atoms with Crippen LogP contribution in [-0.2, 0) is 19.4 Å². The Bertz CT molecular complexity index is 1150. The van der Waals surface area contributed by atoms with Gasteiger partial charge in [0.2, 0.25) is 0 Å². The first-order valence-corrected chi connectivity index (χ1v) is 11.4. The van der Waals surface area contributed by atoms with E-state index in [0.29, 0.717) is 24.3 Å². The second kappa shape index (κ2) is 9.57. The predicted molar refractivity (Wildman–Crippen MR) is 125 cm³/mol. The van der Waals surface area contributed by atoms with Gasteiger partial charge in [-0.15, -0.1) is 0 Å². The molecule has 0 saturated heterocycles. The fourth-order valence-corrected chi connectivity index (χ4v) is 4.27. The molecule has 6 nitrogen and oxygen atoms in total. The van der Waals surface area contributed by atoms with Crippen molar-refractivity contribution in [2.45, 2.75) is 39.2 Å². The number of hydrogen-bond acceptors (Lipinski definition) is 3. The van der Waals surface area contributed by atoms with E-state index in [1.807, 2.05) is 19.1 Å². The zero-order valence-electron chi connectivity index (χ0n) is 19.3. The molecule has 0 fully saturated rings. The predicted octanol–water partition coefficient (Wildman–Crippen LogP) is 4.25. The van der Waals surface area contributed by atoms with Crippen molar-refractivity contribution in [2.24, 2.45) is 0 Å². The molecule has 0 radical (unpaired) electrons. The first-order valence-electron chi connectivity index (χ1n) is 11.4. The van der Waals surface area contributed by atoms with Crippen molar-refractivity contribution >= 4 is 11.8 Å². The van der Waals surface area contributed by atoms with Crippen molar-refractivity contribution in [1.82, 2.24) is 19.6 Å². The van der Waals surface area contributed by atoms with Gasteiger partial charge >= 0.3 is 0 Å². The van der Waals surface area contributed by atoms with Gasteiger partial charge in [0.1, 0.15) is 5.82 Å². The van der Waals surface area contributed by atoms with Gasteiger partial charge in [-0.05, 0) is 74.6 Å². The molecule has 2 amide bonds. The highest BCUT2D eigenvalue weighted by atomic mass is 19.1. The molecule has 0 saturated carbocycles. The second-order valence-electron chi connectivity index (χ2n) is 8.59. The maximum absolute atomic E-state index is 13.5. The van der Waals surface area contributed by atoms with Crippen LogP contribution in [-0.4, -0.2) is 52.0 Å². The molecule has 0 spiro atoms. The standard InChI is InChI=1S/C26H29FN4O2/c1-4-30(17-18-9-11-19(12-10-18)25(32)29(2)3)26(33)24-22-7-5-6-8-23(22)31(28-24)21-15-13-20(27)14-16-21/h9-16H,4-8,17H2,1-3H3. The highest BCUT2D eigenvalue weighted by Gasteiger charge is 2.28. The minimum absolute atomic E-state index is 0.0528. The lowest BCUT2D eigenvalue weighted by molar-refractivity contribution is 0.0744. The minimum atomic E-state index is -0.300. The SMILES string of the molecule is CCN(Cc1ccc(C(=O)N(C)C)cc1)C(=O)c1nn(-c2ccc(F)cc2)c2c1CCCC2. The minimum Gasteiger partial charge on any atom is -0.345 e. The number of rotatable bonds is 6. The molecule has 0 aliphatic heterocycles. The second-order valence-corrected chi connectivity index (χ2v) is 8.59. The Balaban J connectivity index is 1.61. The van der Waals surface area contributed by atoms with Gasteiger partial charge in [-0.3, -0.25) is 9.59 Å². The summed E-state index contributed by atoms with van der Waals surface area (Å²) in [6.45, 7) is 2.92. The van der Waals surface area contributed by atoms with E-state index in [9.17, 15) is 14.0 Å². The molecule has 0 atom stereocenters. The van der Waals surface area contributed by atoms with E-state index < -0.39 is 0 Å². The van der Waals surface area contributed by atoms with Crippen molar-refractivity contribution in [3.05, 3.63) is 82.4 Å². The van der Waals surface area contributed by atoms with Crippen LogP contribution in [0.3, 0.4) is 0 Å². The van der Waals surface area contributed by atoms with Crippen LogP contribution in [0.4, 0.5) is 4.39 Å². The molecule has 0 unspecified atom stereocenters. The molecule has 4 rings (SSSR count). The lowest BCUT2D eigenvalue weighted by atomic mass is 9.95. The van der Waals surface area contributed by atoms with Crippen molar-refractivity contribution in [2.75, 3.05) is 20.6 Å². The van der Waals surface area contributed by atoms with Gasteiger partial charge in [-0.1, -0.05) is 12.1 Å². The van der Waals surface area contributed by atoms with Crippen molar-refractivity contribution in [1.29, 1.82) is 0 Å². The molecule has 1 aromatic heterocycles. The number of hydrogen-bond donors (Lipinski definition) is 0. The first kappa shape index (κ1) is 22.7. The van der Waals surface area contributed by atoms with Gasteiger partial charge in [0.15, 0.2) is 5.69 Å². The zero-order valence-corrected chi connectivity index (χ0v) is 19.3. The third kappa shape index (κ3) is 4.67. The van der Waals surface area contributed by atoms with E-state index in [4.69, 9.17) is 5.10 Å². The Labute approximate surface area is 193 Å². The zero-order chi connectivity index (χ0) is 23.5. The highest BCUT2D eigenvalue weighted by Crippen LogP contribution is 2.28. The number of halogens is 1.